The van der Waals surface area contributed by atoms with Crippen molar-refractivity contribution in [2.75, 3.05) is 50.7 Å². The summed E-state index contributed by atoms with van der Waals surface area (Å²) < 4.78 is 38.5. The second kappa shape index (κ2) is 7.64. The molecule has 4 nitrogen and oxygen atoms in total. The van der Waals surface area contributed by atoms with Crippen molar-refractivity contribution in [3.63, 3.8) is 0 Å². The topological polar surface area (TPSA) is 26.8 Å². The van der Waals surface area contributed by atoms with E-state index in [1.165, 1.54) is 18.6 Å². The number of likely N-dealkylation sites (tertiary alicyclic amines) is 1. The highest BCUT2D eigenvalue weighted by molar-refractivity contribution is 5.78. The summed E-state index contributed by atoms with van der Waals surface area (Å²) in [4.78, 5) is 18.3. The lowest BCUT2D eigenvalue weighted by Crippen LogP contribution is -2.50. The molecular formula is C18H24F3N3O. The normalized spacial score (nSPS) is 20.0. The van der Waals surface area contributed by atoms with Crippen LogP contribution >= 0.6 is 0 Å². The van der Waals surface area contributed by atoms with E-state index in [0.29, 0.717) is 38.4 Å². The van der Waals surface area contributed by atoms with Gasteiger partial charge in [0.15, 0.2) is 0 Å². The molecule has 0 aliphatic carbocycles. The summed E-state index contributed by atoms with van der Waals surface area (Å²) in [6.45, 7) is 4.76. The zero-order valence-electron chi connectivity index (χ0n) is 14.3. The summed E-state index contributed by atoms with van der Waals surface area (Å²) in [5.74, 6) is 0.173. The second-order valence-electron chi connectivity index (χ2n) is 6.75. The van der Waals surface area contributed by atoms with Crippen LogP contribution in [0.2, 0.25) is 0 Å². The largest absolute Gasteiger partial charge is 0.416 e. The highest BCUT2D eigenvalue weighted by atomic mass is 19.4. The summed E-state index contributed by atoms with van der Waals surface area (Å²) in [6.07, 6.45) is -0.970. The number of carbonyl (C=O) groups excluding carboxylic acids is 1. The summed E-state index contributed by atoms with van der Waals surface area (Å²) in [5.41, 5.74) is -0.0236. The highest BCUT2D eigenvalue weighted by Crippen LogP contribution is 2.31. The highest BCUT2D eigenvalue weighted by Gasteiger charge is 2.31. The molecule has 2 saturated heterocycles. The molecule has 1 amide bonds. The first kappa shape index (κ1) is 18.0. The van der Waals surface area contributed by atoms with Crippen LogP contribution in [0.1, 0.15) is 24.8 Å². The Morgan fingerprint density at radius 3 is 2.28 bits per heavy atom. The molecule has 0 bridgehead atoms. The standard InChI is InChI=1S/C18H24F3N3O/c19-18(20,21)15-5-4-6-16(13-15)23-11-9-22(10-12-23)14-17(25)24-7-2-1-3-8-24/h4-6,13H,1-3,7-12,14H2. The number of carbonyl (C=O) groups is 1. The maximum absolute atomic E-state index is 12.8. The second-order valence-corrected chi connectivity index (χ2v) is 6.75. The summed E-state index contributed by atoms with van der Waals surface area (Å²) in [6, 6.07) is 5.46. The monoisotopic (exact) mass is 355 g/mol. The first-order valence-electron chi connectivity index (χ1n) is 8.86. The number of rotatable bonds is 3. The van der Waals surface area contributed by atoms with Gasteiger partial charge in [-0.25, -0.2) is 0 Å². The summed E-state index contributed by atoms with van der Waals surface area (Å²) >= 11 is 0. The minimum atomic E-state index is -4.32. The van der Waals surface area contributed by atoms with Gasteiger partial charge in [-0.3, -0.25) is 9.69 Å². The molecule has 2 aliphatic heterocycles. The smallest absolute Gasteiger partial charge is 0.369 e. The molecule has 0 N–H and O–H groups in total. The number of piperazine rings is 1. The van der Waals surface area contributed by atoms with Crippen molar-refractivity contribution in [1.29, 1.82) is 0 Å². The van der Waals surface area contributed by atoms with Gasteiger partial charge in [-0.1, -0.05) is 6.07 Å². The number of hydrogen-bond acceptors (Lipinski definition) is 3. The van der Waals surface area contributed by atoms with Crippen LogP contribution in [0.4, 0.5) is 18.9 Å². The minimum Gasteiger partial charge on any atom is -0.369 e. The fraction of sp³-hybridized carbons (Fsp3) is 0.611. The van der Waals surface area contributed by atoms with E-state index in [0.717, 1.165) is 32.0 Å². The van der Waals surface area contributed by atoms with Crippen molar-refractivity contribution >= 4 is 11.6 Å². The summed E-state index contributed by atoms with van der Waals surface area (Å²) in [5, 5.41) is 0. The number of halogens is 3. The minimum absolute atomic E-state index is 0.173. The van der Waals surface area contributed by atoms with Gasteiger partial charge in [0.25, 0.3) is 0 Å². The third-order valence-electron chi connectivity index (χ3n) is 4.98. The average Bonchev–Trinajstić information content (AvgIpc) is 2.62. The van der Waals surface area contributed by atoms with E-state index in [1.807, 2.05) is 9.80 Å². The Kier molecular flexibility index (Phi) is 5.51. The zero-order valence-corrected chi connectivity index (χ0v) is 14.3. The number of nitrogens with zero attached hydrogens (tertiary/aromatic N) is 3. The first-order chi connectivity index (χ1) is 11.9. The van der Waals surface area contributed by atoms with Gasteiger partial charge in [0.2, 0.25) is 5.91 Å². The molecule has 138 valence electrons. The van der Waals surface area contributed by atoms with Crippen molar-refractivity contribution in [2.24, 2.45) is 0 Å². The fourth-order valence-electron chi connectivity index (χ4n) is 3.48. The van der Waals surface area contributed by atoms with Gasteiger partial charge in [-0.2, -0.15) is 13.2 Å². The van der Waals surface area contributed by atoms with Crippen LogP contribution in [-0.4, -0.2) is 61.5 Å². The maximum Gasteiger partial charge on any atom is 0.416 e. The average molecular weight is 355 g/mol. The summed E-state index contributed by atoms with van der Waals surface area (Å²) in [7, 11) is 0. The van der Waals surface area contributed by atoms with Crippen molar-refractivity contribution in [1.82, 2.24) is 9.80 Å². The Hall–Kier alpha value is -1.76. The Morgan fingerprint density at radius 2 is 1.64 bits per heavy atom. The van der Waals surface area contributed by atoms with Crippen molar-refractivity contribution in [3.8, 4) is 0 Å². The molecule has 2 heterocycles. The molecule has 0 aromatic heterocycles. The van der Waals surface area contributed by atoms with Gasteiger partial charge >= 0.3 is 6.18 Å². The number of alkyl halides is 3. The van der Waals surface area contributed by atoms with E-state index in [4.69, 9.17) is 0 Å². The molecule has 7 heteroatoms. The molecule has 2 fully saturated rings. The van der Waals surface area contributed by atoms with E-state index in [1.54, 1.807) is 6.07 Å². The van der Waals surface area contributed by atoms with Gasteiger partial charge in [0.1, 0.15) is 0 Å². The Balaban J connectivity index is 1.52. The number of benzene rings is 1. The van der Waals surface area contributed by atoms with Crippen molar-refractivity contribution < 1.29 is 18.0 Å². The quantitative estimate of drug-likeness (QED) is 0.834. The van der Waals surface area contributed by atoms with Crippen molar-refractivity contribution in [2.45, 2.75) is 25.4 Å². The van der Waals surface area contributed by atoms with Crippen LogP contribution in [0.25, 0.3) is 0 Å². The van der Waals surface area contributed by atoms with Crippen LogP contribution in [0.5, 0.6) is 0 Å². The number of hydrogen-bond donors (Lipinski definition) is 0. The van der Waals surface area contributed by atoms with Gasteiger partial charge in [-0.15, -0.1) is 0 Å². The SMILES string of the molecule is O=C(CN1CCN(c2cccc(C(F)(F)F)c2)CC1)N1CCCCC1. The van der Waals surface area contributed by atoms with Crippen LogP contribution in [0.3, 0.4) is 0 Å². The Bertz CT molecular complexity index is 591. The van der Waals surface area contributed by atoms with Crippen LogP contribution in [0.15, 0.2) is 24.3 Å². The van der Waals surface area contributed by atoms with Crippen LogP contribution < -0.4 is 4.90 Å². The lowest BCUT2D eigenvalue weighted by molar-refractivity contribution is -0.137. The van der Waals surface area contributed by atoms with Crippen LogP contribution in [0, 0.1) is 0 Å². The molecule has 3 rings (SSSR count). The molecule has 25 heavy (non-hydrogen) atoms. The third-order valence-corrected chi connectivity index (χ3v) is 4.98. The molecule has 0 atom stereocenters. The van der Waals surface area contributed by atoms with Gasteiger partial charge < -0.3 is 9.80 Å². The number of piperidine rings is 1. The lowest BCUT2D eigenvalue weighted by Gasteiger charge is -2.37. The molecule has 0 radical (unpaired) electrons. The predicted octanol–water partition coefficient (Wildman–Crippen LogP) is 2.84. The van der Waals surface area contributed by atoms with E-state index < -0.39 is 11.7 Å². The maximum atomic E-state index is 12.8. The van der Waals surface area contributed by atoms with E-state index in [9.17, 15) is 18.0 Å². The molecular weight excluding hydrogens is 331 g/mol. The van der Waals surface area contributed by atoms with E-state index in [2.05, 4.69) is 4.90 Å². The molecule has 1 aromatic rings. The first-order valence-corrected chi connectivity index (χ1v) is 8.86. The van der Waals surface area contributed by atoms with Crippen LogP contribution in [-0.2, 0) is 11.0 Å². The van der Waals surface area contributed by atoms with Crippen molar-refractivity contribution in [3.05, 3.63) is 29.8 Å². The van der Waals surface area contributed by atoms with E-state index >= 15 is 0 Å². The lowest BCUT2D eigenvalue weighted by atomic mass is 10.1. The molecule has 2 aliphatic rings. The molecule has 1 aromatic carbocycles. The number of anilines is 1. The predicted molar refractivity (Wildman–Crippen MR) is 90.5 cm³/mol. The third kappa shape index (κ3) is 4.66. The van der Waals surface area contributed by atoms with E-state index in [-0.39, 0.29) is 5.91 Å². The molecule has 0 unspecified atom stereocenters. The zero-order chi connectivity index (χ0) is 17.9. The molecule has 0 saturated carbocycles. The Labute approximate surface area is 146 Å². The number of amides is 1. The Morgan fingerprint density at radius 1 is 0.960 bits per heavy atom. The van der Waals surface area contributed by atoms with Gasteiger partial charge in [-0.05, 0) is 37.5 Å². The fourth-order valence-corrected chi connectivity index (χ4v) is 3.48. The van der Waals surface area contributed by atoms with Gasteiger partial charge in [0.05, 0.1) is 12.1 Å². The molecule has 0 spiro atoms. The van der Waals surface area contributed by atoms with Gasteiger partial charge in [0, 0.05) is 45.0 Å².